The van der Waals surface area contributed by atoms with Gasteiger partial charge < -0.3 is 25.2 Å². The largest absolute Gasteiger partial charge is 0.481 e. The van der Waals surface area contributed by atoms with Gasteiger partial charge in [-0.3, -0.25) is 9.59 Å². The van der Waals surface area contributed by atoms with Crippen molar-refractivity contribution in [2.24, 2.45) is 0 Å². The number of benzene rings is 2. The molecular formula is C23H24N2O6. The third-order valence-corrected chi connectivity index (χ3v) is 5.75. The number of aliphatic hydroxyl groups excluding tert-OH is 1. The van der Waals surface area contributed by atoms with Crippen molar-refractivity contribution in [3.63, 3.8) is 0 Å². The van der Waals surface area contributed by atoms with Gasteiger partial charge in [-0.15, -0.1) is 0 Å². The Morgan fingerprint density at radius 2 is 1.61 bits per heavy atom. The summed E-state index contributed by atoms with van der Waals surface area (Å²) in [4.78, 5) is 37.4. The minimum Gasteiger partial charge on any atom is -0.481 e. The first-order valence-corrected chi connectivity index (χ1v) is 10.2. The lowest BCUT2D eigenvalue weighted by Crippen LogP contribution is -2.59. The number of carboxylic acid groups (broad SMARTS) is 1. The van der Waals surface area contributed by atoms with Gasteiger partial charge in [0.2, 0.25) is 5.91 Å². The summed E-state index contributed by atoms with van der Waals surface area (Å²) in [6, 6.07) is 14.9. The summed E-state index contributed by atoms with van der Waals surface area (Å²) >= 11 is 0. The van der Waals surface area contributed by atoms with Crippen molar-refractivity contribution in [1.82, 2.24) is 10.2 Å². The molecule has 3 N–H and O–H groups in total. The van der Waals surface area contributed by atoms with Crippen molar-refractivity contribution in [3.8, 4) is 11.1 Å². The molecule has 2 aliphatic rings. The van der Waals surface area contributed by atoms with Crippen molar-refractivity contribution >= 4 is 18.0 Å². The van der Waals surface area contributed by atoms with E-state index in [9.17, 15) is 19.5 Å². The number of aliphatic carboxylic acids is 1. The predicted molar refractivity (Wildman–Crippen MR) is 111 cm³/mol. The van der Waals surface area contributed by atoms with Crippen LogP contribution in [0.1, 0.15) is 29.9 Å². The van der Waals surface area contributed by atoms with E-state index in [2.05, 4.69) is 5.32 Å². The Morgan fingerprint density at radius 3 is 2.16 bits per heavy atom. The van der Waals surface area contributed by atoms with E-state index in [-0.39, 0.29) is 38.5 Å². The van der Waals surface area contributed by atoms with E-state index in [0.29, 0.717) is 0 Å². The number of hydrogen-bond donors (Lipinski definition) is 3. The Kier molecular flexibility index (Phi) is 5.90. The number of nitrogens with zero attached hydrogens (tertiary/aromatic N) is 1. The Labute approximate surface area is 179 Å². The molecule has 1 saturated heterocycles. The van der Waals surface area contributed by atoms with Gasteiger partial charge in [0.05, 0.1) is 6.10 Å². The highest BCUT2D eigenvalue weighted by Crippen LogP contribution is 2.44. The molecule has 1 unspecified atom stereocenters. The molecule has 8 nitrogen and oxygen atoms in total. The molecule has 4 rings (SSSR count). The topological polar surface area (TPSA) is 116 Å². The number of carbonyl (C=O) groups is 3. The van der Waals surface area contributed by atoms with Crippen LogP contribution in [-0.4, -0.2) is 64.9 Å². The minimum atomic E-state index is -1.06. The normalized spacial score (nSPS) is 16.1. The fourth-order valence-corrected chi connectivity index (χ4v) is 4.16. The monoisotopic (exact) mass is 424 g/mol. The van der Waals surface area contributed by atoms with Gasteiger partial charge >= 0.3 is 12.1 Å². The van der Waals surface area contributed by atoms with Crippen LogP contribution in [0.4, 0.5) is 4.79 Å². The van der Waals surface area contributed by atoms with Crippen LogP contribution in [0.15, 0.2) is 48.5 Å². The molecule has 0 radical (unpaired) electrons. The number of fused-ring (bicyclic) bond motifs is 3. The van der Waals surface area contributed by atoms with Gasteiger partial charge in [-0.2, -0.15) is 0 Å². The third-order valence-electron chi connectivity index (χ3n) is 5.75. The van der Waals surface area contributed by atoms with E-state index < -0.39 is 30.1 Å². The van der Waals surface area contributed by atoms with Gasteiger partial charge in [0.25, 0.3) is 0 Å². The van der Waals surface area contributed by atoms with E-state index >= 15 is 0 Å². The molecule has 2 aromatic rings. The average molecular weight is 424 g/mol. The van der Waals surface area contributed by atoms with Crippen LogP contribution in [0, 0.1) is 0 Å². The lowest BCUT2D eigenvalue weighted by molar-refractivity contribution is -0.144. The number of ether oxygens (including phenoxy) is 1. The SMILES string of the molecule is O=C(O)CCC(NC(=O)OCC1c2ccccc2-c2ccccc21)C(=O)N1CC(O)C1. The molecule has 1 aliphatic heterocycles. The highest BCUT2D eigenvalue weighted by atomic mass is 16.5. The number of β-amino-alcohol motifs (C(OH)–C–C–N with tert-alkyl or cyclic N) is 1. The number of hydrogen-bond acceptors (Lipinski definition) is 5. The highest BCUT2D eigenvalue weighted by molar-refractivity contribution is 5.87. The molecular weight excluding hydrogens is 400 g/mol. The van der Waals surface area contributed by atoms with Crippen molar-refractivity contribution < 1.29 is 29.3 Å². The molecule has 2 aromatic carbocycles. The molecule has 0 spiro atoms. The van der Waals surface area contributed by atoms with Gasteiger partial charge in [0, 0.05) is 25.4 Å². The fraction of sp³-hybridized carbons (Fsp3) is 0.348. The average Bonchev–Trinajstić information content (AvgIpc) is 3.06. The Morgan fingerprint density at radius 1 is 1.03 bits per heavy atom. The van der Waals surface area contributed by atoms with Crippen LogP contribution >= 0.6 is 0 Å². The minimum absolute atomic E-state index is 0.0506. The first-order valence-electron chi connectivity index (χ1n) is 10.2. The van der Waals surface area contributed by atoms with Crippen molar-refractivity contribution in [1.29, 1.82) is 0 Å². The predicted octanol–water partition coefficient (Wildman–Crippen LogP) is 1.96. The van der Waals surface area contributed by atoms with Crippen molar-refractivity contribution in [2.75, 3.05) is 19.7 Å². The standard InChI is InChI=1S/C23H24N2O6/c26-14-11-25(12-14)22(29)20(9-10-21(27)28)24-23(30)31-13-19-17-7-3-1-5-15(17)16-6-2-4-8-18(16)19/h1-8,14,19-20,26H,9-13H2,(H,24,30)(H,27,28). The summed E-state index contributed by atoms with van der Waals surface area (Å²) in [6.07, 6.45) is -1.67. The second-order valence-electron chi connectivity index (χ2n) is 7.85. The second-order valence-corrected chi connectivity index (χ2v) is 7.85. The van der Waals surface area contributed by atoms with E-state index in [1.807, 2.05) is 48.5 Å². The maximum Gasteiger partial charge on any atom is 0.407 e. The van der Waals surface area contributed by atoms with Gasteiger partial charge in [-0.05, 0) is 28.7 Å². The van der Waals surface area contributed by atoms with E-state index in [0.717, 1.165) is 22.3 Å². The van der Waals surface area contributed by atoms with E-state index in [4.69, 9.17) is 9.84 Å². The number of carbonyl (C=O) groups excluding carboxylic acids is 2. The first-order chi connectivity index (χ1) is 14.9. The van der Waals surface area contributed by atoms with Gasteiger partial charge in [0.1, 0.15) is 12.6 Å². The van der Waals surface area contributed by atoms with E-state index in [1.54, 1.807) is 0 Å². The van der Waals surface area contributed by atoms with Crippen LogP contribution in [0.5, 0.6) is 0 Å². The second kappa shape index (κ2) is 8.77. The smallest absolute Gasteiger partial charge is 0.407 e. The number of nitrogens with one attached hydrogen (secondary N) is 1. The summed E-state index contributed by atoms with van der Waals surface area (Å²) in [5.41, 5.74) is 4.37. The zero-order chi connectivity index (χ0) is 22.0. The van der Waals surface area contributed by atoms with Crippen LogP contribution in [0.25, 0.3) is 11.1 Å². The lowest BCUT2D eigenvalue weighted by atomic mass is 9.98. The molecule has 1 heterocycles. The summed E-state index contributed by atoms with van der Waals surface area (Å²) in [6.45, 7) is 0.450. The maximum atomic E-state index is 12.6. The van der Waals surface area contributed by atoms with Crippen molar-refractivity contribution in [3.05, 3.63) is 59.7 Å². The van der Waals surface area contributed by atoms with Crippen LogP contribution in [0.2, 0.25) is 0 Å². The summed E-state index contributed by atoms with van der Waals surface area (Å²) in [7, 11) is 0. The zero-order valence-electron chi connectivity index (χ0n) is 16.9. The third kappa shape index (κ3) is 4.39. The van der Waals surface area contributed by atoms with Crippen LogP contribution in [-0.2, 0) is 14.3 Å². The Balaban J connectivity index is 1.41. The van der Waals surface area contributed by atoms with Crippen LogP contribution in [0.3, 0.4) is 0 Å². The first kappa shape index (κ1) is 20.9. The maximum absolute atomic E-state index is 12.6. The summed E-state index contributed by atoms with van der Waals surface area (Å²) < 4.78 is 5.46. The highest BCUT2D eigenvalue weighted by Gasteiger charge is 2.35. The summed E-state index contributed by atoms with van der Waals surface area (Å²) in [5.74, 6) is -1.59. The molecule has 0 saturated carbocycles. The molecule has 1 fully saturated rings. The molecule has 1 aliphatic carbocycles. The van der Waals surface area contributed by atoms with Gasteiger partial charge in [0.15, 0.2) is 0 Å². The van der Waals surface area contributed by atoms with Crippen molar-refractivity contribution in [2.45, 2.75) is 30.9 Å². The molecule has 162 valence electrons. The van der Waals surface area contributed by atoms with Gasteiger partial charge in [-0.25, -0.2) is 4.79 Å². The molecule has 0 aromatic heterocycles. The number of alkyl carbamates (subject to hydrolysis) is 1. The number of rotatable bonds is 7. The molecule has 0 bridgehead atoms. The lowest BCUT2D eigenvalue weighted by Gasteiger charge is -2.38. The number of carboxylic acids is 1. The quantitative estimate of drug-likeness (QED) is 0.626. The number of amides is 2. The molecule has 1 atom stereocenters. The van der Waals surface area contributed by atoms with Gasteiger partial charge in [-0.1, -0.05) is 48.5 Å². The molecule has 8 heteroatoms. The molecule has 31 heavy (non-hydrogen) atoms. The number of aliphatic hydroxyl groups is 1. The number of likely N-dealkylation sites (tertiary alicyclic amines) is 1. The Hall–Kier alpha value is -3.39. The van der Waals surface area contributed by atoms with E-state index in [1.165, 1.54) is 4.90 Å². The van der Waals surface area contributed by atoms with Crippen LogP contribution < -0.4 is 5.32 Å². The zero-order valence-corrected chi connectivity index (χ0v) is 16.9. The summed E-state index contributed by atoms with van der Waals surface area (Å²) in [5, 5.41) is 20.9. The fourth-order valence-electron chi connectivity index (χ4n) is 4.16. The molecule has 2 amide bonds. The Bertz CT molecular complexity index is 956.